The topological polar surface area (TPSA) is 40.1 Å². The van der Waals surface area contributed by atoms with Gasteiger partial charge in [0.1, 0.15) is 0 Å². The van der Waals surface area contributed by atoms with Gasteiger partial charge in [-0.3, -0.25) is 0 Å². The third-order valence-corrected chi connectivity index (χ3v) is 5.97. The van der Waals surface area contributed by atoms with Gasteiger partial charge in [0.2, 0.25) is 0 Å². The monoisotopic (exact) mass is 152 g/mol. The van der Waals surface area contributed by atoms with Crippen molar-refractivity contribution in [2.75, 3.05) is 12.3 Å². The molecule has 1 unspecified atom stereocenters. The minimum absolute atomic E-state index is 0.662. The maximum absolute atomic E-state index is 10.2. The lowest BCUT2D eigenvalue weighted by Gasteiger charge is -1.97. The second-order valence-corrected chi connectivity index (χ2v) is 6.81. The van der Waals surface area contributed by atoms with Gasteiger partial charge in [-0.15, -0.1) is 0 Å². The smallest absolute Gasteiger partial charge is 0.326 e. The molecule has 0 N–H and O–H groups in total. The number of hydrogen-bond acceptors (Lipinski definition) is 2. The van der Waals surface area contributed by atoms with E-state index in [-0.39, 0.29) is 0 Å². The van der Waals surface area contributed by atoms with E-state index in [9.17, 15) is 9.46 Å². The van der Waals surface area contributed by atoms with Crippen molar-refractivity contribution in [2.45, 2.75) is 13.8 Å². The summed E-state index contributed by atoms with van der Waals surface area (Å²) in [5.74, 6) is 0. The summed E-state index contributed by atoms with van der Waals surface area (Å²) < 4.78 is 10.2. The molecule has 1 atom stereocenters. The molecule has 4 heteroatoms. The normalized spacial score (nSPS) is 12.2. The van der Waals surface area contributed by atoms with Crippen molar-refractivity contribution in [1.82, 2.24) is 0 Å². The summed E-state index contributed by atoms with van der Waals surface area (Å²) >= 11 is 0. The van der Waals surface area contributed by atoms with Crippen molar-refractivity contribution in [3.8, 4) is 0 Å². The van der Waals surface area contributed by atoms with Crippen LogP contribution in [-0.2, 0) is 4.57 Å². The fraction of sp³-hybridized carbons (Fsp3) is 1.00. The summed E-state index contributed by atoms with van der Waals surface area (Å²) in [5, 5.41) is 0. The van der Waals surface area contributed by atoms with Crippen LogP contribution in [0.25, 0.3) is 0 Å². The molecule has 0 spiro atoms. The first kappa shape index (κ1) is 8.49. The van der Waals surface area contributed by atoms with Gasteiger partial charge in [0, 0.05) is 12.3 Å². The molecular formula is C4H10O2P2. The van der Waals surface area contributed by atoms with Crippen molar-refractivity contribution in [3.63, 3.8) is 0 Å². The molecule has 0 bridgehead atoms. The van der Waals surface area contributed by atoms with Gasteiger partial charge in [-0.1, -0.05) is 18.4 Å². The molecule has 0 aromatic rings. The molecule has 0 fully saturated rings. The second-order valence-electron chi connectivity index (χ2n) is 1.38. The second kappa shape index (κ2) is 4.38. The van der Waals surface area contributed by atoms with Crippen LogP contribution in [0.3, 0.4) is 0 Å². The predicted molar refractivity (Wildman–Crippen MR) is 35.6 cm³/mol. The van der Waals surface area contributed by atoms with Crippen LogP contribution in [0.2, 0.25) is 0 Å². The van der Waals surface area contributed by atoms with E-state index in [4.69, 9.17) is 0 Å². The Hall–Kier alpha value is 0.490. The Bertz CT molecular complexity index is 80.1. The van der Waals surface area contributed by atoms with Crippen LogP contribution in [-0.4, -0.2) is 12.3 Å². The van der Waals surface area contributed by atoms with E-state index < -0.39 is 15.3 Å². The molecule has 0 saturated carbocycles. The highest BCUT2D eigenvalue weighted by Crippen LogP contribution is 2.54. The standard InChI is InChI=1S/C4H10O2P2/c1-3-7(4-2)8(5)6/h3-4H2,1-2H3. The average molecular weight is 152 g/mol. The van der Waals surface area contributed by atoms with Crippen molar-refractivity contribution in [1.29, 1.82) is 0 Å². The lowest BCUT2D eigenvalue weighted by Crippen LogP contribution is -1.87. The highest BCUT2D eigenvalue weighted by atomic mass is 32.1. The van der Waals surface area contributed by atoms with E-state index in [2.05, 4.69) is 0 Å². The van der Waals surface area contributed by atoms with Crippen molar-refractivity contribution in [2.24, 2.45) is 0 Å². The highest BCUT2D eigenvalue weighted by Gasteiger charge is 2.15. The SMILES string of the molecule is CCP(CC)[P+](=O)[O-]. The van der Waals surface area contributed by atoms with Gasteiger partial charge in [0.25, 0.3) is 0 Å². The molecule has 0 radical (unpaired) electrons. The van der Waals surface area contributed by atoms with E-state index in [1.807, 2.05) is 13.8 Å². The quantitative estimate of drug-likeness (QED) is 0.575. The summed E-state index contributed by atoms with van der Waals surface area (Å²) in [6, 6.07) is 0. The Morgan fingerprint density at radius 3 is 1.88 bits per heavy atom. The molecule has 0 amide bonds. The third kappa shape index (κ3) is 2.71. The average Bonchev–Trinajstić information content (AvgIpc) is 1.69. The lowest BCUT2D eigenvalue weighted by atomic mass is 11.0. The first-order valence-corrected chi connectivity index (χ1v) is 6.21. The molecule has 0 aromatic carbocycles. The van der Waals surface area contributed by atoms with Crippen LogP contribution in [0.15, 0.2) is 0 Å². The molecule has 0 rings (SSSR count). The van der Waals surface area contributed by atoms with Gasteiger partial charge < -0.3 is 4.89 Å². The Labute approximate surface area is 51.8 Å². The summed E-state index contributed by atoms with van der Waals surface area (Å²) in [7, 11) is -2.76. The fourth-order valence-corrected chi connectivity index (χ4v) is 2.75. The molecule has 0 aliphatic carbocycles. The zero-order chi connectivity index (χ0) is 6.57. The third-order valence-electron chi connectivity index (χ3n) is 0.961. The molecule has 0 heterocycles. The van der Waals surface area contributed by atoms with Gasteiger partial charge >= 0.3 is 7.72 Å². The first-order chi connectivity index (χ1) is 3.72. The summed E-state index contributed by atoms with van der Waals surface area (Å²) in [5.41, 5.74) is 0. The Balaban J connectivity index is 3.52. The van der Waals surface area contributed by atoms with Crippen molar-refractivity contribution < 1.29 is 9.46 Å². The fourth-order valence-electron chi connectivity index (χ4n) is 0.455. The predicted octanol–water partition coefficient (Wildman–Crippen LogP) is 1.53. The molecule has 0 aliphatic rings. The van der Waals surface area contributed by atoms with Crippen LogP contribution in [0, 0.1) is 0 Å². The number of hydrogen-bond donors (Lipinski definition) is 0. The zero-order valence-electron chi connectivity index (χ0n) is 5.13. The molecule has 0 aliphatic heterocycles. The summed E-state index contributed by atoms with van der Waals surface area (Å²) in [4.78, 5) is 10.2. The molecule has 2 nitrogen and oxygen atoms in total. The van der Waals surface area contributed by atoms with E-state index in [1.165, 1.54) is 0 Å². The molecule has 0 aromatic heterocycles. The Morgan fingerprint density at radius 1 is 1.50 bits per heavy atom. The van der Waals surface area contributed by atoms with Gasteiger partial charge in [-0.25, -0.2) is 0 Å². The molecule has 0 saturated heterocycles. The summed E-state index contributed by atoms with van der Waals surface area (Å²) in [6.45, 7) is 3.83. The molecule has 8 heavy (non-hydrogen) atoms. The Kier molecular flexibility index (Phi) is 4.64. The van der Waals surface area contributed by atoms with Crippen LogP contribution < -0.4 is 4.89 Å². The van der Waals surface area contributed by atoms with Crippen molar-refractivity contribution >= 4 is 15.3 Å². The maximum Gasteiger partial charge on any atom is 0.326 e. The van der Waals surface area contributed by atoms with Crippen LogP contribution in [0.5, 0.6) is 0 Å². The highest BCUT2D eigenvalue weighted by molar-refractivity contribution is 8.21. The summed E-state index contributed by atoms with van der Waals surface area (Å²) in [6.07, 6.45) is 1.62. The number of rotatable bonds is 3. The van der Waals surface area contributed by atoms with Crippen LogP contribution in [0.4, 0.5) is 0 Å². The van der Waals surface area contributed by atoms with Gasteiger partial charge in [-0.2, -0.15) is 0 Å². The lowest BCUT2D eigenvalue weighted by molar-refractivity contribution is -0.158. The zero-order valence-corrected chi connectivity index (χ0v) is 6.91. The van der Waals surface area contributed by atoms with Crippen LogP contribution >= 0.6 is 15.3 Å². The Morgan fingerprint density at radius 2 is 1.88 bits per heavy atom. The van der Waals surface area contributed by atoms with E-state index in [0.29, 0.717) is 0 Å². The van der Waals surface area contributed by atoms with E-state index in [1.54, 1.807) is 0 Å². The van der Waals surface area contributed by atoms with Crippen molar-refractivity contribution in [3.05, 3.63) is 0 Å². The van der Waals surface area contributed by atoms with E-state index in [0.717, 1.165) is 12.3 Å². The maximum atomic E-state index is 10.2. The van der Waals surface area contributed by atoms with Gasteiger partial charge in [-0.05, 0) is 0 Å². The first-order valence-electron chi connectivity index (χ1n) is 2.61. The van der Waals surface area contributed by atoms with Gasteiger partial charge in [0.15, 0.2) is 7.61 Å². The minimum Gasteiger partial charge on any atom is -0.594 e. The minimum atomic E-state index is -2.10. The van der Waals surface area contributed by atoms with Gasteiger partial charge in [0.05, 0.1) is 0 Å². The van der Waals surface area contributed by atoms with Crippen LogP contribution in [0.1, 0.15) is 13.8 Å². The largest absolute Gasteiger partial charge is 0.594 e. The molecular weight excluding hydrogens is 142 g/mol. The van der Waals surface area contributed by atoms with E-state index >= 15 is 0 Å². The molecule has 48 valence electrons.